The highest BCUT2D eigenvalue weighted by Crippen LogP contribution is 2.34. The van der Waals surface area contributed by atoms with Gasteiger partial charge in [0.2, 0.25) is 0 Å². The third-order valence-corrected chi connectivity index (χ3v) is 5.50. The summed E-state index contributed by atoms with van der Waals surface area (Å²) in [7, 11) is 1.38. The van der Waals surface area contributed by atoms with Gasteiger partial charge in [-0.3, -0.25) is 9.59 Å². The molecule has 0 aliphatic rings. The number of carbonyl (C=O) groups excluding carboxylic acids is 2. The Bertz CT molecular complexity index is 1380. The van der Waals surface area contributed by atoms with Crippen molar-refractivity contribution in [3.8, 4) is 16.9 Å². The summed E-state index contributed by atoms with van der Waals surface area (Å²) in [5.74, 6) is -1.55. The van der Waals surface area contributed by atoms with Gasteiger partial charge in [0, 0.05) is 21.9 Å². The highest BCUT2D eigenvalue weighted by molar-refractivity contribution is 6.17. The fourth-order valence-corrected chi connectivity index (χ4v) is 3.77. The van der Waals surface area contributed by atoms with E-state index in [9.17, 15) is 24.2 Å². The van der Waals surface area contributed by atoms with Crippen LogP contribution in [0.25, 0.3) is 32.9 Å². The largest absolute Gasteiger partial charge is 0.494 e. The molecule has 4 rings (SSSR count). The number of hydrogen-bond donors (Lipinski definition) is 5. The summed E-state index contributed by atoms with van der Waals surface area (Å²) in [4.78, 5) is 27.8. The molecule has 0 aliphatic carbocycles. The minimum Gasteiger partial charge on any atom is -0.494 e. The zero-order valence-electron chi connectivity index (χ0n) is 17.7. The molecule has 0 saturated heterocycles. The molecule has 0 bridgehead atoms. The van der Waals surface area contributed by atoms with E-state index in [1.807, 2.05) is 6.07 Å². The van der Waals surface area contributed by atoms with E-state index in [0.717, 1.165) is 5.39 Å². The quantitative estimate of drug-likeness (QED) is 0.294. The molecule has 170 valence electrons. The molecule has 33 heavy (non-hydrogen) atoms. The molecule has 0 unspecified atom stereocenters. The van der Waals surface area contributed by atoms with E-state index < -0.39 is 36.9 Å². The first-order valence-electron chi connectivity index (χ1n) is 10.1. The van der Waals surface area contributed by atoms with Gasteiger partial charge >= 0.3 is 0 Å². The van der Waals surface area contributed by atoms with Crippen LogP contribution in [0.1, 0.15) is 20.7 Å². The number of ether oxygens (including phenoxy) is 1. The van der Waals surface area contributed by atoms with Gasteiger partial charge < -0.3 is 31.0 Å². The molecule has 8 nitrogen and oxygen atoms in total. The summed E-state index contributed by atoms with van der Waals surface area (Å²) in [6.07, 6.45) is 0. The van der Waals surface area contributed by atoms with Crippen molar-refractivity contribution in [1.82, 2.24) is 10.3 Å². The number of rotatable bonds is 7. The molecule has 0 saturated carbocycles. The van der Waals surface area contributed by atoms with Crippen LogP contribution >= 0.6 is 0 Å². The number of aliphatic hydroxyl groups excluding tert-OH is 2. The first-order chi connectivity index (χ1) is 15.9. The summed E-state index contributed by atoms with van der Waals surface area (Å²) < 4.78 is 19.2. The molecule has 0 spiro atoms. The lowest BCUT2D eigenvalue weighted by Gasteiger charge is -2.13. The molecular formula is C24H22FN3O5. The minimum absolute atomic E-state index is 0.109. The Hall–Kier alpha value is -3.95. The van der Waals surface area contributed by atoms with E-state index in [0.29, 0.717) is 33.1 Å². The normalized spacial score (nSPS) is 11.3. The highest BCUT2D eigenvalue weighted by Gasteiger charge is 2.18. The maximum absolute atomic E-state index is 14.3. The standard InChI is InChI=1S/C24H22FN3O5/c1-33-21-5-3-12(8-19(21)25)14-6-17-16-4-2-13(24(32)27-15(10-29)11-30)9-20(16)28-22(17)18(7-14)23(26)31/h2-9,15,28-30H,10-11H2,1H3,(H2,26,31)(H,27,32). The van der Waals surface area contributed by atoms with Gasteiger partial charge in [0.1, 0.15) is 0 Å². The van der Waals surface area contributed by atoms with Gasteiger partial charge in [-0.05, 0) is 47.5 Å². The Labute approximate surface area is 187 Å². The van der Waals surface area contributed by atoms with Crippen molar-refractivity contribution in [3.05, 3.63) is 65.5 Å². The van der Waals surface area contributed by atoms with Crippen LogP contribution in [0.15, 0.2) is 48.5 Å². The van der Waals surface area contributed by atoms with E-state index in [4.69, 9.17) is 10.5 Å². The second-order valence-corrected chi connectivity index (χ2v) is 7.58. The van der Waals surface area contributed by atoms with E-state index in [2.05, 4.69) is 10.3 Å². The van der Waals surface area contributed by atoms with Gasteiger partial charge in [-0.15, -0.1) is 0 Å². The molecule has 1 aromatic heterocycles. The van der Waals surface area contributed by atoms with Crippen LogP contribution in [0.2, 0.25) is 0 Å². The van der Waals surface area contributed by atoms with E-state index >= 15 is 0 Å². The van der Waals surface area contributed by atoms with Crippen molar-refractivity contribution in [2.24, 2.45) is 5.73 Å². The van der Waals surface area contributed by atoms with Gasteiger partial charge in [-0.1, -0.05) is 12.1 Å². The Morgan fingerprint density at radius 3 is 2.45 bits per heavy atom. The SMILES string of the molecule is COc1ccc(-c2cc(C(N)=O)c3[nH]c4cc(C(=O)NC(CO)CO)ccc4c3c2)cc1F. The number of aliphatic hydroxyl groups is 2. The number of halogens is 1. The van der Waals surface area contributed by atoms with E-state index in [1.165, 1.54) is 19.2 Å². The fourth-order valence-electron chi connectivity index (χ4n) is 3.77. The Balaban J connectivity index is 1.85. The molecule has 9 heteroatoms. The third-order valence-electron chi connectivity index (χ3n) is 5.50. The minimum atomic E-state index is -0.773. The predicted octanol–water partition coefficient (Wildman–Crippen LogP) is 2.32. The lowest BCUT2D eigenvalue weighted by atomic mass is 9.98. The number of H-pyrrole nitrogens is 1. The number of aromatic nitrogens is 1. The number of nitrogens with one attached hydrogen (secondary N) is 2. The molecule has 4 aromatic rings. The number of hydrogen-bond acceptors (Lipinski definition) is 5. The molecule has 0 aliphatic heterocycles. The average molecular weight is 451 g/mol. The molecular weight excluding hydrogens is 429 g/mol. The molecule has 6 N–H and O–H groups in total. The molecule has 0 fully saturated rings. The average Bonchev–Trinajstić information content (AvgIpc) is 3.19. The number of amides is 2. The smallest absolute Gasteiger partial charge is 0.251 e. The maximum atomic E-state index is 14.3. The topological polar surface area (TPSA) is 138 Å². The van der Waals surface area contributed by atoms with Crippen LogP contribution < -0.4 is 15.8 Å². The monoisotopic (exact) mass is 451 g/mol. The first-order valence-corrected chi connectivity index (χ1v) is 10.1. The summed E-state index contributed by atoms with van der Waals surface area (Å²) in [5.41, 5.74) is 8.37. The Morgan fingerprint density at radius 2 is 1.82 bits per heavy atom. The summed E-state index contributed by atoms with van der Waals surface area (Å²) in [6, 6.07) is 12.1. The highest BCUT2D eigenvalue weighted by atomic mass is 19.1. The molecule has 0 radical (unpaired) electrons. The fraction of sp³-hybridized carbons (Fsp3) is 0.167. The van der Waals surface area contributed by atoms with Crippen LogP contribution in [0, 0.1) is 5.82 Å². The maximum Gasteiger partial charge on any atom is 0.251 e. The summed E-state index contributed by atoms with van der Waals surface area (Å²) in [5, 5.41) is 22.3. The van der Waals surface area contributed by atoms with Gasteiger partial charge in [-0.25, -0.2) is 4.39 Å². The second-order valence-electron chi connectivity index (χ2n) is 7.58. The number of carbonyl (C=O) groups is 2. The summed E-state index contributed by atoms with van der Waals surface area (Å²) >= 11 is 0. The van der Waals surface area contributed by atoms with Crippen LogP contribution in [0.5, 0.6) is 5.75 Å². The third kappa shape index (κ3) is 4.11. The van der Waals surface area contributed by atoms with Crippen molar-refractivity contribution in [2.45, 2.75) is 6.04 Å². The number of methoxy groups -OCH3 is 1. The molecule has 0 atom stereocenters. The van der Waals surface area contributed by atoms with Gasteiger partial charge in [0.25, 0.3) is 11.8 Å². The number of primary amides is 1. The van der Waals surface area contributed by atoms with Gasteiger partial charge in [0.15, 0.2) is 11.6 Å². The van der Waals surface area contributed by atoms with Gasteiger partial charge in [0.05, 0.1) is 37.4 Å². The van der Waals surface area contributed by atoms with Crippen LogP contribution in [0.3, 0.4) is 0 Å². The summed E-state index contributed by atoms with van der Waals surface area (Å²) in [6.45, 7) is -0.791. The van der Waals surface area contributed by atoms with Crippen molar-refractivity contribution in [3.63, 3.8) is 0 Å². The van der Waals surface area contributed by atoms with Crippen LogP contribution in [0.4, 0.5) is 4.39 Å². The number of aromatic amines is 1. The van der Waals surface area contributed by atoms with E-state index in [1.54, 1.807) is 30.3 Å². The van der Waals surface area contributed by atoms with Crippen molar-refractivity contribution >= 4 is 33.6 Å². The number of nitrogens with two attached hydrogens (primary N) is 1. The Morgan fingerprint density at radius 1 is 1.06 bits per heavy atom. The van der Waals surface area contributed by atoms with Crippen molar-refractivity contribution in [2.75, 3.05) is 20.3 Å². The Kier molecular flexibility index (Phi) is 5.99. The van der Waals surface area contributed by atoms with Crippen LogP contribution in [-0.2, 0) is 0 Å². The first kappa shape index (κ1) is 22.3. The van der Waals surface area contributed by atoms with Crippen molar-refractivity contribution in [1.29, 1.82) is 0 Å². The predicted molar refractivity (Wildman–Crippen MR) is 122 cm³/mol. The lowest BCUT2D eigenvalue weighted by molar-refractivity contribution is 0.0879. The molecule has 2 amide bonds. The van der Waals surface area contributed by atoms with Crippen molar-refractivity contribution < 1.29 is 28.9 Å². The van der Waals surface area contributed by atoms with E-state index in [-0.39, 0.29) is 11.3 Å². The lowest BCUT2D eigenvalue weighted by Crippen LogP contribution is -2.40. The molecule has 3 aromatic carbocycles. The van der Waals surface area contributed by atoms with Crippen LogP contribution in [-0.4, -0.2) is 53.4 Å². The number of fused-ring (bicyclic) bond motifs is 3. The molecule has 1 heterocycles. The number of benzene rings is 3. The zero-order valence-corrected chi connectivity index (χ0v) is 17.7. The zero-order chi connectivity index (χ0) is 23.7. The van der Waals surface area contributed by atoms with Gasteiger partial charge in [-0.2, -0.15) is 0 Å². The second kappa shape index (κ2) is 8.89.